The number of anilines is 1. The van der Waals surface area contributed by atoms with Crippen molar-refractivity contribution in [1.29, 1.82) is 0 Å². The Morgan fingerprint density at radius 2 is 1.92 bits per heavy atom. The summed E-state index contributed by atoms with van der Waals surface area (Å²) in [7, 11) is -3.58. The monoisotopic (exact) mass is 745 g/mol. The second-order valence-corrected chi connectivity index (χ2v) is 17.3. The Morgan fingerprint density at radius 1 is 1.13 bits per heavy atom. The molecule has 1 aromatic heterocycles. The predicted molar refractivity (Wildman–Crippen MR) is 191 cm³/mol. The number of benzene rings is 1. The fraction of sp³-hybridized carbons (Fsp3) is 0.694. The number of nitrogens with zero attached hydrogens (tertiary/aromatic N) is 6. The van der Waals surface area contributed by atoms with E-state index < -0.39 is 21.8 Å². The third kappa shape index (κ3) is 7.93. The van der Waals surface area contributed by atoms with Gasteiger partial charge in [-0.05, 0) is 90.6 Å². The number of ether oxygens (including phenoxy) is 3. The first-order chi connectivity index (χ1) is 24.8. The molecule has 16 heteroatoms. The number of carbonyl (C=O) groups excluding carboxylic acids is 1. The molecule has 1 aromatic carbocycles. The van der Waals surface area contributed by atoms with Gasteiger partial charge in [0.1, 0.15) is 17.9 Å². The molecule has 0 saturated carbocycles. The maximum Gasteiger partial charge on any atom is 0.280 e. The lowest BCUT2D eigenvalue weighted by Gasteiger charge is -2.55. The van der Waals surface area contributed by atoms with E-state index in [1.54, 1.807) is 11.1 Å². The average molecular weight is 746 g/mol. The van der Waals surface area contributed by atoms with Gasteiger partial charge in [-0.1, -0.05) is 0 Å². The molecule has 14 nitrogen and oxygen atoms in total. The van der Waals surface area contributed by atoms with Gasteiger partial charge >= 0.3 is 0 Å². The first kappa shape index (κ1) is 37.3. The number of aromatic nitrogens is 2. The molecule has 286 valence electrons. The van der Waals surface area contributed by atoms with Gasteiger partial charge in [-0.25, -0.2) is 14.4 Å². The van der Waals surface area contributed by atoms with Crippen molar-refractivity contribution < 1.29 is 36.9 Å². The van der Waals surface area contributed by atoms with E-state index in [1.807, 2.05) is 20.8 Å². The van der Waals surface area contributed by atoms with E-state index in [2.05, 4.69) is 24.5 Å². The van der Waals surface area contributed by atoms with Gasteiger partial charge in [0.05, 0.1) is 37.6 Å². The molecule has 5 aliphatic rings. The zero-order valence-electron chi connectivity index (χ0n) is 30.4. The summed E-state index contributed by atoms with van der Waals surface area (Å²) in [5, 5.41) is 11.3. The number of nitrogens with one attached hydrogen (secondary N) is 1. The standard InChI is InChI=1S/C36H52FN7O7S/c1-25(2)44(29-9-16-49-20-29)34(45)30-17-27(37)6-7-31(30)51-32-18-38-24-39-33(32)42-21-35(22-42)11-14-41(15-12-35)23-36(46)10-8-28(19-50-36)40-52(47,48)43-13-4-5-26(43)3/h6-7,17-18,24-26,28-29,40,46H,4-5,8-16,19-23H2,1-3H3/t26-,28+,29?,36+/m0/s1. The van der Waals surface area contributed by atoms with Crippen molar-refractivity contribution in [1.82, 2.24) is 28.8 Å². The number of hydrogen-bond acceptors (Lipinski definition) is 11. The second kappa shape index (κ2) is 15.0. The molecule has 0 bridgehead atoms. The number of β-amino-alcohol motifs (C(OH)–C–C–N with tert-alkyl or cyclic N) is 1. The maximum atomic E-state index is 14.5. The number of aliphatic hydroxyl groups is 1. The Kier molecular flexibility index (Phi) is 10.8. The molecule has 0 radical (unpaired) electrons. The number of amides is 1. The Balaban J connectivity index is 0.930. The number of rotatable bonds is 11. The van der Waals surface area contributed by atoms with Crippen LogP contribution in [0.5, 0.6) is 11.5 Å². The van der Waals surface area contributed by atoms with E-state index in [-0.39, 0.29) is 53.4 Å². The number of carbonyl (C=O) groups is 1. The van der Waals surface area contributed by atoms with Crippen molar-refractivity contribution in [3.8, 4) is 11.5 Å². The Morgan fingerprint density at radius 3 is 2.58 bits per heavy atom. The number of likely N-dealkylation sites (tertiary alicyclic amines) is 1. The highest BCUT2D eigenvalue weighted by atomic mass is 32.2. The largest absolute Gasteiger partial charge is 0.451 e. The number of hydrogen-bond donors (Lipinski definition) is 2. The summed E-state index contributed by atoms with van der Waals surface area (Å²) in [6, 6.07) is 3.41. The van der Waals surface area contributed by atoms with Gasteiger partial charge in [0.2, 0.25) is 0 Å². The van der Waals surface area contributed by atoms with Crippen LogP contribution in [0.4, 0.5) is 10.2 Å². The van der Waals surface area contributed by atoms with Crippen molar-refractivity contribution in [3.05, 3.63) is 42.1 Å². The van der Waals surface area contributed by atoms with Crippen LogP contribution in [0.25, 0.3) is 0 Å². The van der Waals surface area contributed by atoms with Crippen molar-refractivity contribution in [2.75, 3.05) is 64.0 Å². The predicted octanol–water partition coefficient (Wildman–Crippen LogP) is 3.14. The molecule has 1 amide bonds. The lowest BCUT2D eigenvalue weighted by Crippen LogP contribution is -2.62. The average Bonchev–Trinajstić information content (AvgIpc) is 3.79. The van der Waals surface area contributed by atoms with Crippen LogP contribution in [-0.2, 0) is 19.7 Å². The topological polar surface area (TPSA) is 150 Å². The number of halogens is 1. The summed E-state index contributed by atoms with van der Waals surface area (Å²) in [5.74, 6) is -0.905. The highest BCUT2D eigenvalue weighted by Crippen LogP contribution is 2.45. The molecule has 6 heterocycles. The molecule has 52 heavy (non-hydrogen) atoms. The quantitative estimate of drug-likeness (QED) is 0.350. The summed E-state index contributed by atoms with van der Waals surface area (Å²) >= 11 is 0. The van der Waals surface area contributed by atoms with Gasteiger partial charge < -0.3 is 29.1 Å². The highest BCUT2D eigenvalue weighted by Gasteiger charge is 2.48. The molecule has 5 fully saturated rings. The van der Waals surface area contributed by atoms with Gasteiger partial charge in [-0.3, -0.25) is 9.69 Å². The molecule has 2 N–H and O–H groups in total. The van der Waals surface area contributed by atoms with E-state index >= 15 is 0 Å². The molecule has 1 unspecified atom stereocenters. The zero-order chi connectivity index (χ0) is 36.7. The van der Waals surface area contributed by atoms with Gasteiger partial charge in [-0.2, -0.15) is 17.4 Å². The van der Waals surface area contributed by atoms with E-state index in [1.165, 1.54) is 28.8 Å². The van der Waals surface area contributed by atoms with Crippen molar-refractivity contribution in [2.45, 2.75) is 95.7 Å². The summed E-state index contributed by atoms with van der Waals surface area (Å²) < 4.78 is 62.4. The third-order valence-electron chi connectivity index (χ3n) is 11.4. The second-order valence-electron chi connectivity index (χ2n) is 15.6. The van der Waals surface area contributed by atoms with E-state index in [0.717, 1.165) is 58.3 Å². The molecule has 0 aliphatic carbocycles. The molecule has 7 rings (SSSR count). The van der Waals surface area contributed by atoms with Crippen LogP contribution in [0.1, 0.15) is 76.1 Å². The molecule has 4 atom stereocenters. The summed E-state index contributed by atoms with van der Waals surface area (Å²) in [5.41, 5.74) is 0.225. The molecular weight excluding hydrogens is 694 g/mol. The summed E-state index contributed by atoms with van der Waals surface area (Å²) in [4.78, 5) is 28.7. The van der Waals surface area contributed by atoms with Crippen molar-refractivity contribution in [3.63, 3.8) is 0 Å². The normalized spacial score (nSPS) is 28.3. The molecular formula is C36H52FN7O7S. The van der Waals surface area contributed by atoms with Gasteiger partial charge in [0, 0.05) is 56.2 Å². The summed E-state index contributed by atoms with van der Waals surface area (Å²) in [6.07, 6.45) is 8.23. The van der Waals surface area contributed by atoms with Crippen molar-refractivity contribution >= 4 is 21.9 Å². The van der Waals surface area contributed by atoms with Crippen molar-refractivity contribution in [2.24, 2.45) is 5.41 Å². The van der Waals surface area contributed by atoms with Crippen LogP contribution in [0.3, 0.4) is 0 Å². The molecule has 1 spiro atoms. The number of piperidine rings is 1. The zero-order valence-corrected chi connectivity index (χ0v) is 31.2. The van der Waals surface area contributed by atoms with Crippen LogP contribution in [0.2, 0.25) is 0 Å². The van der Waals surface area contributed by atoms with E-state index in [9.17, 15) is 22.7 Å². The maximum absolute atomic E-state index is 14.5. The Labute approximate surface area is 305 Å². The lowest BCUT2D eigenvalue weighted by atomic mass is 9.72. The molecule has 5 aliphatic heterocycles. The van der Waals surface area contributed by atoms with Crippen LogP contribution in [0, 0.1) is 11.2 Å². The lowest BCUT2D eigenvalue weighted by molar-refractivity contribution is -0.239. The highest BCUT2D eigenvalue weighted by molar-refractivity contribution is 7.87. The first-order valence-corrected chi connectivity index (χ1v) is 20.1. The molecule has 5 saturated heterocycles. The molecule has 2 aromatic rings. The van der Waals surface area contributed by atoms with Crippen LogP contribution < -0.4 is 14.4 Å². The van der Waals surface area contributed by atoms with Gasteiger partial charge in [-0.15, -0.1) is 0 Å². The fourth-order valence-electron chi connectivity index (χ4n) is 8.53. The van der Waals surface area contributed by atoms with Crippen LogP contribution in [0.15, 0.2) is 30.7 Å². The Bertz CT molecular complexity index is 1690. The smallest absolute Gasteiger partial charge is 0.280 e. The minimum atomic E-state index is -3.58. The summed E-state index contributed by atoms with van der Waals surface area (Å²) in [6.45, 7) is 11.0. The first-order valence-electron chi connectivity index (χ1n) is 18.6. The van der Waals surface area contributed by atoms with E-state index in [0.29, 0.717) is 50.7 Å². The van der Waals surface area contributed by atoms with Gasteiger partial charge in [0.15, 0.2) is 17.4 Å². The minimum absolute atomic E-state index is 0.00866. The van der Waals surface area contributed by atoms with E-state index in [4.69, 9.17) is 14.2 Å². The Hall–Kier alpha value is -2.99. The minimum Gasteiger partial charge on any atom is -0.451 e. The van der Waals surface area contributed by atoms with Gasteiger partial charge in [0.25, 0.3) is 16.1 Å². The third-order valence-corrected chi connectivity index (χ3v) is 13.2. The SMILES string of the molecule is CC(C)N(C(=O)c1cc(F)ccc1Oc1cncnc1N1CC2(CCN(C[C@@]3(O)CC[C@@H](NS(=O)(=O)N4CCC[C@@H]4C)CO3)CC2)C1)C1CCOC1. The van der Waals surface area contributed by atoms with Crippen LogP contribution in [-0.4, -0.2) is 133 Å². The fourth-order valence-corrected chi connectivity index (χ4v) is 10.2. The van der Waals surface area contributed by atoms with Crippen LogP contribution >= 0.6 is 0 Å².